The minimum Gasteiger partial charge on any atom is -0.505 e. The Labute approximate surface area is 138 Å². The number of likely N-dealkylation sites (N-methyl/N-ethyl adjacent to an activating group) is 1. The number of rotatable bonds is 2. The van der Waals surface area contributed by atoms with Gasteiger partial charge in [-0.3, -0.25) is 13.8 Å². The summed E-state index contributed by atoms with van der Waals surface area (Å²) < 4.78 is 27.3. The molecule has 0 aliphatic carbocycles. The monoisotopic (exact) mass is 349 g/mol. The van der Waals surface area contributed by atoms with Crippen molar-refractivity contribution in [3.8, 4) is 0 Å². The number of nitrogens with one attached hydrogen (secondary N) is 1. The second-order valence-corrected chi connectivity index (χ2v) is 7.11. The number of aliphatic hydroxyl groups excluding tert-OH is 1. The van der Waals surface area contributed by atoms with Crippen LogP contribution in [0, 0.1) is 6.92 Å². The molecule has 0 radical (unpaired) electrons. The molecule has 0 unspecified atom stereocenters. The van der Waals surface area contributed by atoms with Crippen molar-refractivity contribution in [2.75, 3.05) is 12.4 Å². The van der Waals surface area contributed by atoms with Crippen molar-refractivity contribution >= 4 is 27.5 Å². The summed E-state index contributed by atoms with van der Waals surface area (Å²) >= 11 is 0. The maximum Gasteiger partial charge on any atom is 0.282 e. The number of anilines is 1. The van der Waals surface area contributed by atoms with Crippen LogP contribution in [0.15, 0.2) is 35.1 Å². The van der Waals surface area contributed by atoms with E-state index in [2.05, 4.69) is 15.4 Å². The van der Waals surface area contributed by atoms with E-state index in [1.54, 1.807) is 25.1 Å². The quantitative estimate of drug-likeness (QED) is 0.821. The van der Waals surface area contributed by atoms with Crippen LogP contribution < -0.4 is 5.32 Å². The van der Waals surface area contributed by atoms with E-state index in [1.165, 1.54) is 25.0 Å². The third-order valence-electron chi connectivity index (χ3n) is 3.67. The molecule has 1 amide bonds. The molecule has 10 heteroatoms. The zero-order chi connectivity index (χ0) is 17.6. The number of aliphatic hydroxyl groups is 1. The summed E-state index contributed by atoms with van der Waals surface area (Å²) in [7, 11) is -1.35. The molecule has 3 heterocycles. The number of hydrogen-bond donors (Lipinski definition) is 2. The molecular weight excluding hydrogens is 334 g/mol. The van der Waals surface area contributed by atoms with Gasteiger partial charge in [-0.05, 0) is 19.1 Å². The van der Waals surface area contributed by atoms with Gasteiger partial charge in [0.1, 0.15) is 5.82 Å². The molecule has 0 aromatic carbocycles. The fourth-order valence-electron chi connectivity index (χ4n) is 2.59. The van der Waals surface area contributed by atoms with E-state index in [-0.39, 0.29) is 22.1 Å². The second kappa shape index (κ2) is 5.34. The molecule has 126 valence electrons. The summed E-state index contributed by atoms with van der Waals surface area (Å²) in [6.45, 7) is 1.56. The Balaban J connectivity index is 2.15. The van der Waals surface area contributed by atoms with Gasteiger partial charge in [-0.15, -0.1) is 0 Å². The number of aryl methyl sites for hydroxylation is 2. The molecule has 0 bridgehead atoms. The first-order valence-electron chi connectivity index (χ1n) is 6.93. The lowest BCUT2D eigenvalue weighted by atomic mass is 10.1. The summed E-state index contributed by atoms with van der Waals surface area (Å²) in [5, 5.41) is 16.8. The fraction of sp³-hybridized carbons (Fsp3) is 0.214. The Hall–Kier alpha value is -2.88. The highest BCUT2D eigenvalue weighted by Gasteiger charge is 2.42. The molecule has 2 aromatic rings. The first-order valence-corrected chi connectivity index (χ1v) is 8.37. The number of amides is 1. The molecule has 9 nitrogen and oxygen atoms in total. The SMILES string of the molecule is Cc1nn(C)c2c1C(O)=C(C(=O)Nc1ccccn1)N(C)S2(=O)=O. The Kier molecular flexibility index (Phi) is 3.56. The normalized spacial score (nSPS) is 16.0. The zero-order valence-electron chi connectivity index (χ0n) is 13.2. The Morgan fingerprint density at radius 1 is 1.29 bits per heavy atom. The van der Waals surface area contributed by atoms with E-state index in [1.807, 2.05) is 0 Å². The van der Waals surface area contributed by atoms with Crippen LogP contribution in [0.3, 0.4) is 0 Å². The van der Waals surface area contributed by atoms with Crippen molar-refractivity contribution < 1.29 is 18.3 Å². The van der Waals surface area contributed by atoms with Crippen LogP contribution in [0.1, 0.15) is 11.3 Å². The Bertz CT molecular complexity index is 963. The molecule has 0 atom stereocenters. The van der Waals surface area contributed by atoms with Crippen LogP contribution in [0.2, 0.25) is 0 Å². The molecule has 0 spiro atoms. The second-order valence-electron chi connectivity index (χ2n) is 5.23. The minimum atomic E-state index is -4.02. The standard InChI is InChI=1S/C14H15N5O4S/c1-8-10-12(20)11(13(21)16-9-6-4-5-7-15-9)19(3)24(22,23)14(10)18(2)17-8/h4-7,20H,1-3H3,(H,15,16,21). The van der Waals surface area contributed by atoms with E-state index >= 15 is 0 Å². The number of nitrogens with zero attached hydrogens (tertiary/aromatic N) is 4. The fourth-order valence-corrected chi connectivity index (χ4v) is 4.13. The van der Waals surface area contributed by atoms with Gasteiger partial charge in [0.2, 0.25) is 0 Å². The number of carbonyl (C=O) groups is 1. The maximum absolute atomic E-state index is 12.7. The number of pyridine rings is 1. The van der Waals surface area contributed by atoms with Crippen molar-refractivity contribution in [1.29, 1.82) is 0 Å². The average molecular weight is 349 g/mol. The largest absolute Gasteiger partial charge is 0.505 e. The summed E-state index contributed by atoms with van der Waals surface area (Å²) in [6.07, 6.45) is 1.48. The summed E-state index contributed by atoms with van der Waals surface area (Å²) in [6, 6.07) is 4.89. The highest BCUT2D eigenvalue weighted by Crippen LogP contribution is 2.36. The van der Waals surface area contributed by atoms with Gasteiger partial charge in [-0.2, -0.15) is 13.5 Å². The van der Waals surface area contributed by atoms with Crippen LogP contribution in [-0.2, 0) is 21.9 Å². The van der Waals surface area contributed by atoms with Gasteiger partial charge in [0.15, 0.2) is 16.5 Å². The van der Waals surface area contributed by atoms with Crippen LogP contribution in [-0.4, -0.2) is 45.5 Å². The predicted molar refractivity (Wildman–Crippen MR) is 85.3 cm³/mol. The third-order valence-corrected chi connectivity index (χ3v) is 5.53. The number of sulfonamides is 1. The molecule has 0 saturated heterocycles. The average Bonchev–Trinajstić information content (AvgIpc) is 2.82. The minimum absolute atomic E-state index is 0.0294. The van der Waals surface area contributed by atoms with E-state index in [4.69, 9.17) is 0 Å². The molecule has 24 heavy (non-hydrogen) atoms. The molecule has 1 aliphatic heterocycles. The predicted octanol–water partition coefficient (Wildman–Crippen LogP) is 0.623. The number of hydrogen-bond acceptors (Lipinski definition) is 6. The molecule has 2 aromatic heterocycles. The van der Waals surface area contributed by atoms with Gasteiger partial charge in [0, 0.05) is 20.3 Å². The van der Waals surface area contributed by atoms with Gasteiger partial charge >= 0.3 is 0 Å². The van der Waals surface area contributed by atoms with Gasteiger partial charge in [0.25, 0.3) is 15.9 Å². The van der Waals surface area contributed by atoms with Crippen molar-refractivity contribution in [3.05, 3.63) is 41.4 Å². The molecule has 0 saturated carbocycles. The molecular formula is C14H15N5O4S. The van der Waals surface area contributed by atoms with Crippen LogP contribution in [0.4, 0.5) is 5.82 Å². The number of fused-ring (bicyclic) bond motifs is 1. The van der Waals surface area contributed by atoms with Crippen molar-refractivity contribution in [2.45, 2.75) is 11.9 Å². The number of aromatic nitrogens is 3. The maximum atomic E-state index is 12.7. The van der Waals surface area contributed by atoms with E-state index < -0.39 is 21.7 Å². The van der Waals surface area contributed by atoms with Gasteiger partial charge < -0.3 is 10.4 Å². The molecule has 0 fully saturated rings. The van der Waals surface area contributed by atoms with Gasteiger partial charge in [-0.25, -0.2) is 4.98 Å². The van der Waals surface area contributed by atoms with Crippen LogP contribution in [0.25, 0.3) is 5.76 Å². The van der Waals surface area contributed by atoms with E-state index in [0.717, 1.165) is 4.31 Å². The zero-order valence-corrected chi connectivity index (χ0v) is 14.0. The first kappa shape index (κ1) is 16.0. The summed E-state index contributed by atoms with van der Waals surface area (Å²) in [5.74, 6) is -0.991. The first-order chi connectivity index (χ1) is 11.2. The lowest BCUT2D eigenvalue weighted by molar-refractivity contribution is -0.113. The van der Waals surface area contributed by atoms with Crippen molar-refractivity contribution in [3.63, 3.8) is 0 Å². The smallest absolute Gasteiger partial charge is 0.282 e. The van der Waals surface area contributed by atoms with E-state index in [0.29, 0.717) is 5.69 Å². The van der Waals surface area contributed by atoms with Crippen LogP contribution >= 0.6 is 0 Å². The highest BCUT2D eigenvalue weighted by molar-refractivity contribution is 7.89. The van der Waals surface area contributed by atoms with E-state index in [9.17, 15) is 18.3 Å². The molecule has 2 N–H and O–H groups in total. The van der Waals surface area contributed by atoms with Gasteiger partial charge in [-0.1, -0.05) is 6.07 Å². The van der Waals surface area contributed by atoms with Crippen molar-refractivity contribution in [2.24, 2.45) is 7.05 Å². The van der Waals surface area contributed by atoms with Crippen LogP contribution in [0.5, 0.6) is 0 Å². The molecule has 1 aliphatic rings. The highest BCUT2D eigenvalue weighted by atomic mass is 32.2. The third kappa shape index (κ3) is 2.22. The summed E-state index contributed by atoms with van der Waals surface area (Å²) in [5.41, 5.74) is -0.0455. The Morgan fingerprint density at radius 3 is 2.62 bits per heavy atom. The summed E-state index contributed by atoms with van der Waals surface area (Å²) in [4.78, 5) is 16.4. The lowest BCUT2D eigenvalue weighted by Crippen LogP contribution is -2.38. The van der Waals surface area contributed by atoms with Gasteiger partial charge in [0.05, 0.1) is 11.3 Å². The molecule has 3 rings (SSSR count). The van der Waals surface area contributed by atoms with Crippen molar-refractivity contribution in [1.82, 2.24) is 19.1 Å². The Morgan fingerprint density at radius 2 is 2.00 bits per heavy atom. The number of carbonyl (C=O) groups excluding carboxylic acids is 1. The lowest BCUT2D eigenvalue weighted by Gasteiger charge is -2.27. The topological polar surface area (TPSA) is 117 Å².